The highest BCUT2D eigenvalue weighted by molar-refractivity contribution is 7.16. The summed E-state index contributed by atoms with van der Waals surface area (Å²) in [6.45, 7) is 0.530. The molecule has 0 unspecified atom stereocenters. The molecule has 0 fully saturated rings. The first-order valence-electron chi connectivity index (χ1n) is 7.28. The van der Waals surface area contributed by atoms with Gasteiger partial charge in [-0.25, -0.2) is 0 Å². The Morgan fingerprint density at radius 3 is 2.36 bits per heavy atom. The lowest BCUT2D eigenvalue weighted by atomic mass is 9.93. The van der Waals surface area contributed by atoms with Gasteiger partial charge in [-0.2, -0.15) is 0 Å². The zero-order chi connectivity index (χ0) is 15.7. The number of nitrogens with one attached hydrogen (secondary N) is 1. The van der Waals surface area contributed by atoms with Crippen molar-refractivity contribution >= 4 is 28.8 Å². The molecule has 1 aliphatic carbocycles. The second kappa shape index (κ2) is 6.03. The predicted molar refractivity (Wildman–Crippen MR) is 91.4 cm³/mol. The first-order valence-corrected chi connectivity index (χ1v) is 8.47. The molecule has 1 aromatic heterocycles. The van der Waals surface area contributed by atoms with Crippen LogP contribution in [0.4, 0.5) is 0 Å². The highest BCUT2D eigenvalue weighted by Crippen LogP contribution is 2.34. The van der Waals surface area contributed by atoms with Gasteiger partial charge < -0.3 is 5.32 Å². The maximum Gasteiger partial charge on any atom is 0.241 e. The Labute approximate surface area is 139 Å². The van der Waals surface area contributed by atoms with E-state index in [1.54, 1.807) is 0 Å². The summed E-state index contributed by atoms with van der Waals surface area (Å²) in [5, 5.41) is 3.08. The molecule has 3 nitrogen and oxygen atoms in total. The number of rotatable bonds is 4. The second-order valence-corrected chi connectivity index (χ2v) is 7.74. The summed E-state index contributed by atoms with van der Waals surface area (Å²) in [6.07, 6.45) is 1.51. The number of amides is 1. The number of hydrogen-bond acceptors (Lipinski definition) is 3. The van der Waals surface area contributed by atoms with Crippen LogP contribution in [0.1, 0.15) is 16.0 Å². The van der Waals surface area contributed by atoms with Crippen LogP contribution in [-0.2, 0) is 24.2 Å². The third-order valence-electron chi connectivity index (χ3n) is 4.41. The van der Waals surface area contributed by atoms with E-state index >= 15 is 0 Å². The quantitative estimate of drug-likeness (QED) is 0.931. The van der Waals surface area contributed by atoms with Gasteiger partial charge in [0, 0.05) is 17.7 Å². The minimum atomic E-state index is -0.495. The topological polar surface area (TPSA) is 32.3 Å². The number of likely N-dealkylation sites (N-methyl/N-ethyl adjacent to an activating group) is 1. The van der Waals surface area contributed by atoms with Crippen molar-refractivity contribution in [3.8, 4) is 0 Å². The van der Waals surface area contributed by atoms with E-state index in [2.05, 4.69) is 17.4 Å². The smallest absolute Gasteiger partial charge is 0.241 e. The first-order chi connectivity index (χ1) is 10.5. The van der Waals surface area contributed by atoms with Crippen molar-refractivity contribution in [2.24, 2.45) is 0 Å². The molecule has 0 saturated carbocycles. The van der Waals surface area contributed by atoms with Crippen molar-refractivity contribution in [2.45, 2.75) is 24.9 Å². The summed E-state index contributed by atoms with van der Waals surface area (Å²) in [7, 11) is 3.96. The van der Waals surface area contributed by atoms with Gasteiger partial charge in [-0.15, -0.1) is 11.3 Å². The Hall–Kier alpha value is -1.36. The van der Waals surface area contributed by atoms with Gasteiger partial charge in [0.1, 0.15) is 5.54 Å². The van der Waals surface area contributed by atoms with Crippen LogP contribution in [0.5, 0.6) is 0 Å². The lowest BCUT2D eigenvalue weighted by molar-refractivity contribution is -0.131. The molecule has 0 bridgehead atoms. The van der Waals surface area contributed by atoms with Gasteiger partial charge in [0.15, 0.2) is 0 Å². The number of halogens is 1. The van der Waals surface area contributed by atoms with Crippen molar-refractivity contribution in [2.75, 3.05) is 14.1 Å². The van der Waals surface area contributed by atoms with E-state index in [1.807, 2.05) is 43.3 Å². The second-order valence-electron chi connectivity index (χ2n) is 5.94. The zero-order valence-electron chi connectivity index (χ0n) is 12.7. The van der Waals surface area contributed by atoms with Crippen molar-refractivity contribution < 1.29 is 4.79 Å². The van der Waals surface area contributed by atoms with Crippen molar-refractivity contribution in [1.82, 2.24) is 10.2 Å². The number of benzene rings is 1. The molecule has 0 aliphatic heterocycles. The van der Waals surface area contributed by atoms with Crippen molar-refractivity contribution in [3.05, 3.63) is 56.7 Å². The molecule has 0 atom stereocenters. The Balaban J connectivity index is 1.76. The first kappa shape index (κ1) is 15.5. The number of fused-ring (bicyclic) bond motifs is 1. The maximum atomic E-state index is 12.9. The molecule has 1 N–H and O–H groups in total. The Bertz CT molecular complexity index is 670. The third-order valence-corrected chi connectivity index (χ3v) is 5.65. The minimum Gasteiger partial charge on any atom is -0.350 e. The SMILES string of the molecule is CN(C)C1(C(=O)NCc2ccc(Cl)s2)Cc2ccccc2C1. The van der Waals surface area contributed by atoms with Crippen LogP contribution < -0.4 is 5.32 Å². The average Bonchev–Trinajstić information content (AvgIpc) is 3.08. The normalized spacial score (nSPS) is 15.8. The van der Waals surface area contributed by atoms with E-state index in [-0.39, 0.29) is 5.91 Å². The summed E-state index contributed by atoms with van der Waals surface area (Å²) in [4.78, 5) is 16.0. The zero-order valence-corrected chi connectivity index (χ0v) is 14.3. The molecule has 1 amide bonds. The average molecular weight is 335 g/mol. The van der Waals surface area contributed by atoms with E-state index < -0.39 is 5.54 Å². The van der Waals surface area contributed by atoms with E-state index in [4.69, 9.17) is 11.6 Å². The minimum absolute atomic E-state index is 0.0817. The van der Waals surface area contributed by atoms with Crippen molar-refractivity contribution in [3.63, 3.8) is 0 Å². The number of nitrogens with zero attached hydrogens (tertiary/aromatic N) is 1. The molecule has 5 heteroatoms. The van der Waals surface area contributed by atoms with E-state index in [9.17, 15) is 4.79 Å². The highest BCUT2D eigenvalue weighted by atomic mass is 35.5. The maximum absolute atomic E-state index is 12.9. The van der Waals surface area contributed by atoms with Crippen LogP contribution in [0.15, 0.2) is 36.4 Å². The summed E-state index contributed by atoms with van der Waals surface area (Å²) in [5.74, 6) is 0.0817. The van der Waals surface area contributed by atoms with Crippen LogP contribution in [0.25, 0.3) is 0 Å². The number of thiophene rings is 1. The van der Waals surface area contributed by atoms with Gasteiger partial charge in [0.25, 0.3) is 0 Å². The summed E-state index contributed by atoms with van der Waals surface area (Å²) in [6, 6.07) is 12.1. The van der Waals surface area contributed by atoms with Crippen molar-refractivity contribution in [1.29, 1.82) is 0 Å². The van der Waals surface area contributed by atoms with Gasteiger partial charge in [0.2, 0.25) is 5.91 Å². The number of carbonyl (C=O) groups excluding carboxylic acids is 1. The fourth-order valence-electron chi connectivity index (χ4n) is 3.05. The van der Waals surface area contributed by atoms with Crippen LogP contribution in [-0.4, -0.2) is 30.4 Å². The van der Waals surface area contributed by atoms with Crippen LogP contribution >= 0.6 is 22.9 Å². The van der Waals surface area contributed by atoms with Gasteiger partial charge in [-0.05, 0) is 37.4 Å². The molecule has 3 rings (SSSR count). The number of carbonyl (C=O) groups is 1. The Morgan fingerprint density at radius 2 is 1.86 bits per heavy atom. The molecule has 0 radical (unpaired) electrons. The lowest BCUT2D eigenvalue weighted by Crippen LogP contribution is -2.56. The monoisotopic (exact) mass is 334 g/mol. The molecular weight excluding hydrogens is 316 g/mol. The molecule has 1 aliphatic rings. The molecule has 116 valence electrons. The summed E-state index contributed by atoms with van der Waals surface area (Å²) >= 11 is 7.44. The molecule has 22 heavy (non-hydrogen) atoms. The van der Waals surface area contributed by atoms with Gasteiger partial charge in [-0.1, -0.05) is 35.9 Å². The van der Waals surface area contributed by atoms with Gasteiger partial charge in [0.05, 0.1) is 10.9 Å². The van der Waals surface area contributed by atoms with E-state index in [0.29, 0.717) is 6.54 Å². The molecule has 0 saturated heterocycles. The summed E-state index contributed by atoms with van der Waals surface area (Å²) in [5.41, 5.74) is 2.04. The fraction of sp³-hybridized carbons (Fsp3) is 0.353. The van der Waals surface area contributed by atoms with Gasteiger partial charge in [-0.3, -0.25) is 9.69 Å². The predicted octanol–water partition coefficient (Wildman–Crippen LogP) is 3.12. The van der Waals surface area contributed by atoms with Crippen LogP contribution in [0.2, 0.25) is 4.34 Å². The van der Waals surface area contributed by atoms with E-state index in [1.165, 1.54) is 22.5 Å². The summed E-state index contributed by atoms with van der Waals surface area (Å²) < 4.78 is 0.750. The Morgan fingerprint density at radius 1 is 1.23 bits per heavy atom. The van der Waals surface area contributed by atoms with Gasteiger partial charge >= 0.3 is 0 Å². The lowest BCUT2D eigenvalue weighted by Gasteiger charge is -2.34. The highest BCUT2D eigenvalue weighted by Gasteiger charge is 2.45. The van der Waals surface area contributed by atoms with Crippen LogP contribution in [0, 0.1) is 0 Å². The molecule has 2 aromatic rings. The number of hydrogen-bond donors (Lipinski definition) is 1. The third kappa shape index (κ3) is 2.78. The molecule has 1 aromatic carbocycles. The molecular formula is C17H19ClN2OS. The standard InChI is InChI=1S/C17H19ClN2OS/c1-20(2)17(9-12-5-3-4-6-13(12)10-17)16(21)19-11-14-7-8-15(18)22-14/h3-8H,9-11H2,1-2H3,(H,19,21). The van der Waals surface area contributed by atoms with Crippen LogP contribution in [0.3, 0.4) is 0 Å². The Kier molecular flexibility index (Phi) is 4.26. The van der Waals surface area contributed by atoms with E-state index in [0.717, 1.165) is 22.1 Å². The fourth-order valence-corrected chi connectivity index (χ4v) is 4.08. The largest absolute Gasteiger partial charge is 0.350 e. The molecule has 1 heterocycles. The molecule has 0 spiro atoms.